The van der Waals surface area contributed by atoms with Crippen LogP contribution < -0.4 is 5.32 Å². The number of amides is 1. The Kier molecular flexibility index (Phi) is 6.33. The summed E-state index contributed by atoms with van der Waals surface area (Å²) in [6, 6.07) is 14.8. The van der Waals surface area contributed by atoms with E-state index in [4.69, 9.17) is 50.8 Å². The van der Waals surface area contributed by atoms with Gasteiger partial charge in [0.1, 0.15) is 23.2 Å². The van der Waals surface area contributed by atoms with Crippen LogP contribution in [0.5, 0.6) is 0 Å². The van der Waals surface area contributed by atoms with Crippen LogP contribution >= 0.6 is 46.4 Å². The van der Waals surface area contributed by atoms with Gasteiger partial charge in [0.25, 0.3) is 5.91 Å². The van der Waals surface area contributed by atoms with E-state index in [1.807, 2.05) is 6.07 Å². The minimum absolute atomic E-state index is 0.144. The van der Waals surface area contributed by atoms with Gasteiger partial charge < -0.3 is 9.73 Å². The fourth-order valence-electron chi connectivity index (χ4n) is 2.33. The van der Waals surface area contributed by atoms with Crippen LogP contribution in [0.3, 0.4) is 0 Å². The largest absolute Gasteiger partial charge is 0.457 e. The van der Waals surface area contributed by atoms with Crippen molar-refractivity contribution in [2.24, 2.45) is 0 Å². The molecule has 0 saturated carbocycles. The van der Waals surface area contributed by atoms with Crippen molar-refractivity contribution in [3.05, 3.63) is 80.0 Å². The van der Waals surface area contributed by atoms with E-state index in [1.165, 1.54) is 12.1 Å². The van der Waals surface area contributed by atoms with Gasteiger partial charge in [-0.1, -0.05) is 46.4 Å². The summed E-state index contributed by atoms with van der Waals surface area (Å²) in [6.07, 6.45) is 1.33. The first-order valence-corrected chi connectivity index (χ1v) is 9.32. The quantitative estimate of drug-likeness (QED) is 0.339. The summed E-state index contributed by atoms with van der Waals surface area (Å²) in [5.41, 5.74) is 0.910. The highest BCUT2D eigenvalue weighted by Gasteiger charge is 2.13. The number of carbonyl (C=O) groups excluding carboxylic acids is 1. The van der Waals surface area contributed by atoms with Gasteiger partial charge in [0.15, 0.2) is 0 Å². The molecule has 8 heteroatoms. The zero-order valence-corrected chi connectivity index (χ0v) is 17.0. The maximum Gasteiger partial charge on any atom is 0.266 e. The summed E-state index contributed by atoms with van der Waals surface area (Å²) in [5, 5.41) is 13.5. The van der Waals surface area contributed by atoms with Crippen LogP contribution in [0.1, 0.15) is 5.76 Å². The van der Waals surface area contributed by atoms with Crippen LogP contribution in [0, 0.1) is 11.3 Å². The molecule has 0 radical (unpaired) electrons. The lowest BCUT2D eigenvalue weighted by Crippen LogP contribution is -2.13. The third-order valence-corrected chi connectivity index (χ3v) is 4.94. The van der Waals surface area contributed by atoms with Gasteiger partial charge in [-0.2, -0.15) is 5.26 Å². The minimum Gasteiger partial charge on any atom is -0.457 e. The van der Waals surface area contributed by atoms with Crippen molar-refractivity contribution in [1.82, 2.24) is 0 Å². The zero-order chi connectivity index (χ0) is 20.3. The van der Waals surface area contributed by atoms with Gasteiger partial charge in [0.2, 0.25) is 0 Å². The average Bonchev–Trinajstić information content (AvgIpc) is 3.11. The van der Waals surface area contributed by atoms with E-state index >= 15 is 0 Å². The number of furan rings is 1. The number of carbonyl (C=O) groups is 1. The molecule has 0 saturated heterocycles. The highest BCUT2D eigenvalue weighted by atomic mass is 35.5. The number of hydrogen-bond acceptors (Lipinski definition) is 3. The number of hydrogen-bond donors (Lipinski definition) is 1. The molecule has 0 aliphatic rings. The molecule has 2 aromatic carbocycles. The Labute approximate surface area is 180 Å². The van der Waals surface area contributed by atoms with Crippen molar-refractivity contribution in [1.29, 1.82) is 5.26 Å². The Bertz CT molecular complexity index is 1130. The number of benzene rings is 2. The molecule has 0 atom stereocenters. The van der Waals surface area contributed by atoms with Gasteiger partial charge in [0.05, 0.1) is 15.1 Å². The second-order valence-electron chi connectivity index (χ2n) is 5.58. The molecule has 3 aromatic rings. The Morgan fingerprint density at radius 1 is 0.964 bits per heavy atom. The second-order valence-corrected chi connectivity index (χ2v) is 7.24. The molecule has 0 aliphatic carbocycles. The van der Waals surface area contributed by atoms with Crippen LogP contribution in [0.4, 0.5) is 5.69 Å². The molecule has 0 aliphatic heterocycles. The number of nitrogens with zero attached hydrogens (tertiary/aromatic N) is 1. The Morgan fingerprint density at radius 3 is 2.43 bits per heavy atom. The lowest BCUT2D eigenvalue weighted by molar-refractivity contribution is -0.112. The minimum atomic E-state index is -0.608. The predicted molar refractivity (Wildman–Crippen MR) is 113 cm³/mol. The third kappa shape index (κ3) is 4.70. The normalized spacial score (nSPS) is 11.2. The van der Waals surface area contributed by atoms with E-state index in [-0.39, 0.29) is 10.6 Å². The highest BCUT2D eigenvalue weighted by Crippen LogP contribution is 2.32. The van der Waals surface area contributed by atoms with Crippen molar-refractivity contribution < 1.29 is 9.21 Å². The summed E-state index contributed by atoms with van der Waals surface area (Å²) < 4.78 is 5.68. The summed E-state index contributed by atoms with van der Waals surface area (Å²) in [4.78, 5) is 12.4. The molecule has 0 fully saturated rings. The fraction of sp³-hybridized carbons (Fsp3) is 0. The van der Waals surface area contributed by atoms with Crippen molar-refractivity contribution >= 4 is 64.1 Å². The maximum atomic E-state index is 12.4. The predicted octanol–water partition coefficient (Wildman–Crippen LogP) is 7.11. The van der Waals surface area contributed by atoms with Crippen LogP contribution in [0.2, 0.25) is 20.1 Å². The molecule has 0 unspecified atom stereocenters. The highest BCUT2D eigenvalue weighted by molar-refractivity contribution is 6.42. The summed E-state index contributed by atoms with van der Waals surface area (Å²) in [7, 11) is 0. The lowest BCUT2D eigenvalue weighted by atomic mass is 10.2. The molecule has 1 heterocycles. The van der Waals surface area contributed by atoms with Crippen molar-refractivity contribution in [3.8, 4) is 17.4 Å². The molecule has 0 bridgehead atoms. The smallest absolute Gasteiger partial charge is 0.266 e. The summed E-state index contributed by atoms with van der Waals surface area (Å²) >= 11 is 23.8. The zero-order valence-electron chi connectivity index (χ0n) is 14.0. The van der Waals surface area contributed by atoms with Gasteiger partial charge in [-0.25, -0.2) is 0 Å². The summed E-state index contributed by atoms with van der Waals surface area (Å²) in [5.74, 6) is 0.195. The van der Waals surface area contributed by atoms with Crippen molar-refractivity contribution in [2.45, 2.75) is 0 Å². The number of halogens is 4. The Morgan fingerprint density at radius 2 is 1.75 bits per heavy atom. The monoisotopic (exact) mass is 450 g/mol. The van der Waals surface area contributed by atoms with Crippen LogP contribution in [0.25, 0.3) is 17.4 Å². The second kappa shape index (κ2) is 8.72. The molecule has 28 heavy (non-hydrogen) atoms. The fourth-order valence-corrected chi connectivity index (χ4v) is 3.13. The third-order valence-electron chi connectivity index (χ3n) is 3.65. The van der Waals surface area contributed by atoms with E-state index in [2.05, 4.69) is 5.32 Å². The molecule has 4 nitrogen and oxygen atoms in total. The standard InChI is InChI=1S/C20H10Cl4N2O2/c21-12-1-4-15(17(23)8-12)19-6-3-14(28-19)7-11(10-25)20(27)26-13-2-5-16(22)18(24)9-13/h1-9H,(H,26,27)/b11-7+. The molecule has 140 valence electrons. The van der Waals surface area contributed by atoms with Gasteiger partial charge >= 0.3 is 0 Å². The molecule has 0 spiro atoms. The average molecular weight is 452 g/mol. The Hall–Kier alpha value is -2.42. The van der Waals surface area contributed by atoms with Crippen molar-refractivity contribution in [3.63, 3.8) is 0 Å². The van der Waals surface area contributed by atoms with E-state index in [9.17, 15) is 10.1 Å². The number of anilines is 1. The molecule has 1 amide bonds. The maximum absolute atomic E-state index is 12.4. The van der Waals surface area contributed by atoms with Crippen LogP contribution in [-0.2, 0) is 4.79 Å². The molecule has 1 N–H and O–H groups in total. The van der Waals surface area contributed by atoms with Gasteiger partial charge in [-0.3, -0.25) is 4.79 Å². The first-order chi connectivity index (χ1) is 13.4. The molecular formula is C20H10Cl4N2O2. The van der Waals surface area contributed by atoms with Gasteiger partial charge in [-0.05, 0) is 48.5 Å². The van der Waals surface area contributed by atoms with E-state index in [0.29, 0.717) is 37.8 Å². The first-order valence-electron chi connectivity index (χ1n) is 7.81. The number of rotatable bonds is 4. The van der Waals surface area contributed by atoms with Gasteiger partial charge in [-0.15, -0.1) is 0 Å². The van der Waals surface area contributed by atoms with E-state index < -0.39 is 5.91 Å². The van der Waals surface area contributed by atoms with E-state index in [1.54, 1.807) is 42.5 Å². The molecule has 3 rings (SSSR count). The topological polar surface area (TPSA) is 66.0 Å². The van der Waals surface area contributed by atoms with Gasteiger partial charge in [0, 0.05) is 22.3 Å². The molecular weight excluding hydrogens is 442 g/mol. The summed E-state index contributed by atoms with van der Waals surface area (Å²) in [6.45, 7) is 0. The Balaban J connectivity index is 1.82. The van der Waals surface area contributed by atoms with Crippen molar-refractivity contribution in [2.75, 3.05) is 5.32 Å². The number of nitrogens with one attached hydrogen (secondary N) is 1. The van der Waals surface area contributed by atoms with Crippen LogP contribution in [-0.4, -0.2) is 5.91 Å². The first kappa shape index (κ1) is 20.3. The number of nitriles is 1. The molecule has 1 aromatic heterocycles. The lowest BCUT2D eigenvalue weighted by Gasteiger charge is -2.05. The van der Waals surface area contributed by atoms with Crippen LogP contribution in [0.15, 0.2) is 58.5 Å². The SMILES string of the molecule is N#C/C(=C\c1ccc(-c2ccc(Cl)cc2Cl)o1)C(=O)Nc1ccc(Cl)c(Cl)c1. The van der Waals surface area contributed by atoms with E-state index in [0.717, 1.165) is 0 Å².